The quantitative estimate of drug-likeness (QED) is 0.445. The molecule has 3 aromatic rings. The highest BCUT2D eigenvalue weighted by atomic mass is 16.6. The zero-order valence-corrected chi connectivity index (χ0v) is 13.5. The predicted molar refractivity (Wildman–Crippen MR) is 94.8 cm³/mol. The minimum Gasteiger partial charge on any atom is -0.476 e. The van der Waals surface area contributed by atoms with E-state index >= 15 is 0 Å². The maximum Gasteiger partial charge on any atom is 0.355 e. The predicted octanol–water partition coefficient (Wildman–Crippen LogP) is 1.77. The molecule has 0 aliphatic heterocycles. The van der Waals surface area contributed by atoms with Crippen LogP contribution in [-0.4, -0.2) is 33.6 Å². The molecular formula is C17H14BN3O4. The lowest BCUT2D eigenvalue weighted by molar-refractivity contribution is -0.385. The van der Waals surface area contributed by atoms with Crippen LogP contribution in [-0.2, 0) is 0 Å². The lowest BCUT2D eigenvalue weighted by atomic mass is 9.96. The average molecular weight is 335 g/mol. The van der Waals surface area contributed by atoms with Gasteiger partial charge in [-0.05, 0) is 37.0 Å². The number of aromatic nitrogens is 2. The fourth-order valence-electron chi connectivity index (χ4n) is 3.10. The van der Waals surface area contributed by atoms with E-state index in [4.69, 9.17) is 0 Å². The Morgan fingerprint density at radius 3 is 2.52 bits per heavy atom. The number of fused-ring (bicyclic) bond motifs is 1. The van der Waals surface area contributed by atoms with Gasteiger partial charge in [-0.3, -0.25) is 10.1 Å². The monoisotopic (exact) mass is 335 g/mol. The summed E-state index contributed by atoms with van der Waals surface area (Å²) in [4.78, 5) is 22.8. The molecule has 0 bridgehead atoms. The summed E-state index contributed by atoms with van der Waals surface area (Å²) in [6.45, 7) is 0. The Kier molecular flexibility index (Phi) is 3.35. The molecule has 2 aromatic carbocycles. The number of hydrogen-bond donors (Lipinski definition) is 1. The first-order valence-electron chi connectivity index (χ1n) is 7.97. The first-order valence-corrected chi connectivity index (χ1v) is 7.97. The van der Waals surface area contributed by atoms with Crippen molar-refractivity contribution in [1.29, 1.82) is 0 Å². The highest BCUT2D eigenvalue weighted by molar-refractivity contribution is 6.32. The normalized spacial score (nSPS) is 13.9. The number of nitrogens with zero attached hydrogens (tertiary/aromatic N) is 3. The van der Waals surface area contributed by atoms with E-state index in [1.807, 2.05) is 20.0 Å². The molecule has 1 aliphatic rings. The molecule has 0 amide bonds. The topological polar surface area (TPSA) is 98.3 Å². The van der Waals surface area contributed by atoms with E-state index in [2.05, 4.69) is 5.10 Å². The van der Waals surface area contributed by atoms with Crippen molar-refractivity contribution in [2.45, 2.75) is 18.8 Å². The number of nitro benzene ring substituents is 1. The second-order valence-electron chi connectivity index (χ2n) is 6.36. The molecule has 124 valence electrons. The van der Waals surface area contributed by atoms with E-state index < -0.39 is 10.9 Å². The highest BCUT2D eigenvalue weighted by Gasteiger charge is 2.33. The first-order chi connectivity index (χ1) is 12.0. The number of hydrogen-bond acceptors (Lipinski definition) is 4. The van der Waals surface area contributed by atoms with E-state index in [-0.39, 0.29) is 17.3 Å². The minimum atomic E-state index is -1.11. The van der Waals surface area contributed by atoms with Crippen molar-refractivity contribution in [3.8, 4) is 5.69 Å². The summed E-state index contributed by atoms with van der Waals surface area (Å²) >= 11 is 0. The van der Waals surface area contributed by atoms with Crippen LogP contribution in [0, 0.1) is 10.1 Å². The van der Waals surface area contributed by atoms with E-state index in [0.29, 0.717) is 22.2 Å². The standard InChI is InChI=1S/C17H14BN3O4/c18-10-3-5-11(6-4-10)20-16(17(22)23)13-7-12(9-1-2-9)15(21(24)25)8-14(13)19-20/h3-9H,1-2,18H2,(H,22,23). The van der Waals surface area contributed by atoms with Crippen molar-refractivity contribution in [2.24, 2.45) is 0 Å². The number of rotatable bonds is 4. The van der Waals surface area contributed by atoms with Crippen molar-refractivity contribution in [1.82, 2.24) is 9.78 Å². The van der Waals surface area contributed by atoms with Gasteiger partial charge in [0.15, 0.2) is 5.69 Å². The number of benzene rings is 2. The molecule has 0 atom stereocenters. The molecule has 1 fully saturated rings. The van der Waals surface area contributed by atoms with Gasteiger partial charge in [-0.1, -0.05) is 17.6 Å². The average Bonchev–Trinajstić information content (AvgIpc) is 3.34. The van der Waals surface area contributed by atoms with Gasteiger partial charge in [0.05, 0.1) is 10.6 Å². The summed E-state index contributed by atoms with van der Waals surface area (Å²) in [6, 6.07) is 10.3. The summed E-state index contributed by atoms with van der Waals surface area (Å²) in [7, 11) is 1.94. The maximum atomic E-state index is 11.9. The zero-order valence-electron chi connectivity index (χ0n) is 13.5. The molecule has 0 radical (unpaired) electrons. The van der Waals surface area contributed by atoms with E-state index in [1.165, 1.54) is 10.7 Å². The van der Waals surface area contributed by atoms with Crippen LogP contribution in [0.1, 0.15) is 34.8 Å². The summed E-state index contributed by atoms with van der Waals surface area (Å²) in [5.41, 5.74) is 2.60. The molecule has 1 aliphatic carbocycles. The van der Waals surface area contributed by atoms with Crippen molar-refractivity contribution < 1.29 is 14.8 Å². The SMILES string of the molecule is Bc1ccc(-n2nc3cc([N+](=O)[O-])c(C4CC4)cc3c2C(=O)O)cc1. The molecule has 0 spiro atoms. The van der Waals surface area contributed by atoms with Gasteiger partial charge < -0.3 is 5.11 Å². The van der Waals surface area contributed by atoms with Gasteiger partial charge in [0.2, 0.25) is 0 Å². The van der Waals surface area contributed by atoms with Gasteiger partial charge in [0.25, 0.3) is 5.69 Å². The smallest absolute Gasteiger partial charge is 0.355 e. The fraction of sp³-hybridized carbons (Fsp3) is 0.176. The summed E-state index contributed by atoms with van der Waals surface area (Å²) in [5.74, 6) is -0.979. The van der Waals surface area contributed by atoms with Crippen LogP contribution >= 0.6 is 0 Å². The molecule has 1 aromatic heterocycles. The lowest BCUT2D eigenvalue weighted by Gasteiger charge is -2.05. The molecule has 0 unspecified atom stereocenters. The van der Waals surface area contributed by atoms with Crippen LogP contribution in [0.4, 0.5) is 5.69 Å². The maximum absolute atomic E-state index is 11.9. The van der Waals surface area contributed by atoms with E-state index in [1.54, 1.807) is 18.2 Å². The number of carbonyl (C=O) groups is 1. The Morgan fingerprint density at radius 2 is 1.96 bits per heavy atom. The zero-order chi connectivity index (χ0) is 17.7. The number of nitro groups is 1. The summed E-state index contributed by atoms with van der Waals surface area (Å²) in [6.07, 6.45) is 1.78. The van der Waals surface area contributed by atoms with Crippen molar-refractivity contribution >= 4 is 35.9 Å². The first kappa shape index (κ1) is 15.4. The second-order valence-corrected chi connectivity index (χ2v) is 6.36. The van der Waals surface area contributed by atoms with Crippen LogP contribution in [0.5, 0.6) is 0 Å². The van der Waals surface area contributed by atoms with Gasteiger partial charge in [0.1, 0.15) is 13.4 Å². The Balaban J connectivity index is 2.01. The van der Waals surface area contributed by atoms with Crippen molar-refractivity contribution in [3.63, 3.8) is 0 Å². The molecule has 0 saturated heterocycles. The summed E-state index contributed by atoms with van der Waals surface area (Å²) in [5, 5.41) is 25.8. The number of aromatic carboxylic acids is 1. The third-order valence-corrected chi connectivity index (χ3v) is 4.51. The molecule has 25 heavy (non-hydrogen) atoms. The molecule has 1 heterocycles. The molecule has 7 nitrogen and oxygen atoms in total. The Labute approximate surface area is 143 Å². The highest BCUT2D eigenvalue weighted by Crippen LogP contribution is 2.45. The van der Waals surface area contributed by atoms with Crippen molar-refractivity contribution in [3.05, 3.63) is 57.8 Å². The Morgan fingerprint density at radius 1 is 1.28 bits per heavy atom. The number of carboxylic acids is 1. The third kappa shape index (κ3) is 2.55. The van der Waals surface area contributed by atoms with Crippen molar-refractivity contribution in [2.75, 3.05) is 0 Å². The van der Waals surface area contributed by atoms with Crippen LogP contribution in [0.15, 0.2) is 36.4 Å². The Hall–Kier alpha value is -3.16. The molecule has 1 N–H and O–H groups in total. The molecular weight excluding hydrogens is 321 g/mol. The second kappa shape index (κ2) is 5.44. The van der Waals surface area contributed by atoms with Gasteiger partial charge in [-0.2, -0.15) is 5.10 Å². The third-order valence-electron chi connectivity index (χ3n) is 4.51. The van der Waals surface area contributed by atoms with Gasteiger partial charge in [-0.25, -0.2) is 9.48 Å². The summed E-state index contributed by atoms with van der Waals surface area (Å²) < 4.78 is 1.34. The van der Waals surface area contributed by atoms with Gasteiger partial charge in [-0.15, -0.1) is 0 Å². The van der Waals surface area contributed by atoms with Crippen LogP contribution in [0.25, 0.3) is 16.6 Å². The number of carboxylic acid groups (broad SMARTS) is 1. The Bertz CT molecular complexity index is 1020. The van der Waals surface area contributed by atoms with E-state index in [0.717, 1.165) is 18.3 Å². The van der Waals surface area contributed by atoms with E-state index in [9.17, 15) is 20.0 Å². The van der Waals surface area contributed by atoms with Gasteiger partial charge >= 0.3 is 5.97 Å². The van der Waals surface area contributed by atoms with Crippen LogP contribution < -0.4 is 5.46 Å². The molecule has 4 rings (SSSR count). The lowest BCUT2D eigenvalue weighted by Crippen LogP contribution is -2.09. The molecule has 1 saturated carbocycles. The van der Waals surface area contributed by atoms with Crippen LogP contribution in [0.2, 0.25) is 0 Å². The van der Waals surface area contributed by atoms with Crippen LogP contribution in [0.3, 0.4) is 0 Å². The van der Waals surface area contributed by atoms with Gasteiger partial charge in [0, 0.05) is 17.0 Å². The fourth-order valence-corrected chi connectivity index (χ4v) is 3.10. The molecule has 8 heteroatoms. The minimum absolute atomic E-state index is 0.0143. The largest absolute Gasteiger partial charge is 0.476 e.